The number of nitrogens with one attached hydrogen (secondary N) is 2. The van der Waals surface area contributed by atoms with E-state index >= 15 is 0 Å². The first kappa shape index (κ1) is 20.5. The van der Waals surface area contributed by atoms with Crippen LogP contribution in [0.1, 0.15) is 18.2 Å². The molecule has 0 atom stereocenters. The second kappa shape index (κ2) is 9.82. The number of carbonyl (C=O) groups is 1. The van der Waals surface area contributed by atoms with Crippen molar-refractivity contribution >= 4 is 57.2 Å². The molecule has 1 aromatic heterocycles. The Labute approximate surface area is 180 Å². The summed E-state index contributed by atoms with van der Waals surface area (Å²) in [6, 6.07) is 16.5. The summed E-state index contributed by atoms with van der Waals surface area (Å²) in [6.45, 7) is 2.03. The predicted molar refractivity (Wildman–Crippen MR) is 118 cm³/mol. The van der Waals surface area contributed by atoms with Gasteiger partial charge in [-0.2, -0.15) is 5.10 Å². The molecule has 144 valence electrons. The minimum absolute atomic E-state index is 0.418. The highest BCUT2D eigenvalue weighted by atomic mass is 79.9. The maximum atomic E-state index is 12.0. The van der Waals surface area contributed by atoms with Gasteiger partial charge in [-0.25, -0.2) is 10.2 Å². The topological polar surface area (TPSA) is 66.6 Å². The molecule has 2 aromatic carbocycles. The Morgan fingerprint density at radius 2 is 2.00 bits per heavy atom. The highest BCUT2D eigenvalue weighted by Crippen LogP contribution is 2.35. The predicted octanol–water partition coefficient (Wildman–Crippen LogP) is 6.56. The van der Waals surface area contributed by atoms with Gasteiger partial charge in [0, 0.05) is 21.7 Å². The average molecular weight is 479 g/mol. The van der Waals surface area contributed by atoms with Crippen LogP contribution in [0.5, 0.6) is 0 Å². The van der Waals surface area contributed by atoms with E-state index in [0.29, 0.717) is 15.9 Å². The molecule has 5 nitrogen and oxygen atoms in total. The Morgan fingerprint density at radius 1 is 1.25 bits per heavy atom. The molecule has 3 rings (SSSR count). The first-order chi connectivity index (χ1) is 13.5. The van der Waals surface area contributed by atoms with Crippen molar-refractivity contribution in [1.29, 1.82) is 0 Å². The average Bonchev–Trinajstić information content (AvgIpc) is 3.03. The number of para-hydroxylation sites is 1. The number of benzene rings is 2. The smallest absolute Gasteiger partial charge is 0.339 e. The molecular formula is C20H17BrClN3O2S. The van der Waals surface area contributed by atoms with Crippen molar-refractivity contribution in [3.8, 4) is 0 Å². The van der Waals surface area contributed by atoms with Gasteiger partial charge in [-0.15, -0.1) is 0 Å². The fraction of sp³-hybridized carbons (Fsp3) is 0.100. The van der Waals surface area contributed by atoms with Crippen LogP contribution >= 0.6 is 39.3 Å². The zero-order valence-electron chi connectivity index (χ0n) is 14.9. The molecule has 0 bridgehead atoms. The zero-order valence-corrected chi connectivity index (χ0v) is 18.1. The van der Waals surface area contributed by atoms with Gasteiger partial charge in [-0.05, 0) is 58.2 Å². The molecule has 2 N–H and O–H groups in total. The number of anilines is 1. The molecule has 3 aromatic rings. The maximum Gasteiger partial charge on any atom is 0.339 e. The number of carbonyl (C=O) groups excluding carboxylic acids is 1. The molecule has 0 aliphatic rings. The van der Waals surface area contributed by atoms with Crippen LogP contribution in [-0.2, 0) is 6.42 Å². The fourth-order valence-corrected chi connectivity index (χ4v) is 3.82. The molecule has 0 fully saturated rings. The van der Waals surface area contributed by atoms with Gasteiger partial charge < -0.3 is 9.73 Å². The van der Waals surface area contributed by atoms with E-state index in [4.69, 9.17) is 16.0 Å². The molecule has 0 saturated heterocycles. The lowest BCUT2D eigenvalue weighted by molar-refractivity contribution is 0.252. The van der Waals surface area contributed by atoms with Crippen molar-refractivity contribution in [1.82, 2.24) is 5.43 Å². The minimum Gasteiger partial charge on any atom is -0.447 e. The van der Waals surface area contributed by atoms with Crippen LogP contribution in [0.15, 0.2) is 78.6 Å². The molecule has 2 amide bonds. The van der Waals surface area contributed by atoms with Crippen molar-refractivity contribution < 1.29 is 9.21 Å². The summed E-state index contributed by atoms with van der Waals surface area (Å²) in [7, 11) is 0. The third-order valence-electron chi connectivity index (χ3n) is 3.70. The number of urea groups is 1. The van der Waals surface area contributed by atoms with E-state index in [-0.39, 0.29) is 0 Å². The van der Waals surface area contributed by atoms with Crippen molar-refractivity contribution in [2.75, 3.05) is 5.32 Å². The lowest BCUT2D eigenvalue weighted by Crippen LogP contribution is -2.24. The monoisotopic (exact) mass is 477 g/mol. The summed E-state index contributed by atoms with van der Waals surface area (Å²) in [6.07, 6.45) is 2.27. The Kier molecular flexibility index (Phi) is 7.19. The summed E-state index contributed by atoms with van der Waals surface area (Å²) in [5.74, 6) is 0.512. The van der Waals surface area contributed by atoms with Crippen LogP contribution in [-0.4, -0.2) is 12.2 Å². The van der Waals surface area contributed by atoms with Gasteiger partial charge in [0.25, 0.3) is 0 Å². The molecule has 0 aliphatic heterocycles. The maximum absolute atomic E-state index is 12.0. The molecule has 8 heteroatoms. The van der Waals surface area contributed by atoms with Gasteiger partial charge in [0.15, 0.2) is 5.09 Å². The molecule has 0 unspecified atom stereocenters. The van der Waals surface area contributed by atoms with E-state index in [2.05, 4.69) is 31.8 Å². The quantitative estimate of drug-likeness (QED) is 0.311. The molecule has 1 heterocycles. The first-order valence-corrected chi connectivity index (χ1v) is 10.4. The number of furan rings is 1. The van der Waals surface area contributed by atoms with Gasteiger partial charge in [0.05, 0.1) is 10.7 Å². The van der Waals surface area contributed by atoms with E-state index < -0.39 is 6.03 Å². The summed E-state index contributed by atoms with van der Waals surface area (Å²) in [5.41, 5.74) is 4.26. The van der Waals surface area contributed by atoms with Crippen molar-refractivity contribution in [2.45, 2.75) is 23.3 Å². The van der Waals surface area contributed by atoms with Crippen LogP contribution in [0.25, 0.3) is 0 Å². The van der Waals surface area contributed by atoms with E-state index in [1.54, 1.807) is 6.07 Å². The van der Waals surface area contributed by atoms with Crippen LogP contribution < -0.4 is 10.7 Å². The lowest BCUT2D eigenvalue weighted by atomic mass is 10.1. The van der Waals surface area contributed by atoms with Crippen molar-refractivity contribution in [3.63, 3.8) is 0 Å². The summed E-state index contributed by atoms with van der Waals surface area (Å²) in [5, 5.41) is 8.09. The number of amides is 2. The third kappa shape index (κ3) is 5.64. The number of hydrazone groups is 1. The number of rotatable bonds is 6. The second-order valence-electron chi connectivity index (χ2n) is 5.67. The molecule has 28 heavy (non-hydrogen) atoms. The number of hydrogen-bond donors (Lipinski definition) is 2. The Hall–Kier alpha value is -2.22. The normalized spacial score (nSPS) is 11.0. The molecule has 0 saturated carbocycles. The summed E-state index contributed by atoms with van der Waals surface area (Å²) in [4.78, 5) is 13.0. The Bertz CT molecular complexity index is 989. The number of hydrogen-bond acceptors (Lipinski definition) is 4. The largest absolute Gasteiger partial charge is 0.447 e. The SMILES string of the molecule is CCc1ccccc1NC(=O)N/N=C/c1cc(Br)c(Sc2ccc(Cl)cc2)o1. The minimum atomic E-state index is -0.418. The Morgan fingerprint density at radius 3 is 2.75 bits per heavy atom. The molecule has 0 radical (unpaired) electrons. The number of nitrogens with zero attached hydrogens (tertiary/aromatic N) is 1. The van der Waals surface area contributed by atoms with Gasteiger partial charge in [0.1, 0.15) is 5.76 Å². The Balaban J connectivity index is 1.58. The van der Waals surface area contributed by atoms with E-state index in [0.717, 1.165) is 27.0 Å². The van der Waals surface area contributed by atoms with Crippen molar-refractivity contribution in [3.05, 3.63) is 75.4 Å². The van der Waals surface area contributed by atoms with Gasteiger partial charge in [0.2, 0.25) is 0 Å². The fourth-order valence-electron chi connectivity index (χ4n) is 2.37. The van der Waals surface area contributed by atoms with E-state index in [1.807, 2.05) is 55.5 Å². The summed E-state index contributed by atoms with van der Waals surface area (Å²) < 4.78 is 6.55. The highest BCUT2D eigenvalue weighted by molar-refractivity contribution is 9.10. The van der Waals surface area contributed by atoms with Gasteiger partial charge in [-0.1, -0.05) is 48.5 Å². The zero-order chi connectivity index (χ0) is 19.9. The van der Waals surface area contributed by atoms with Crippen LogP contribution in [0.2, 0.25) is 5.02 Å². The number of aryl methyl sites for hydroxylation is 1. The van der Waals surface area contributed by atoms with E-state index in [9.17, 15) is 4.79 Å². The van der Waals surface area contributed by atoms with E-state index in [1.165, 1.54) is 18.0 Å². The van der Waals surface area contributed by atoms with Crippen LogP contribution in [0, 0.1) is 0 Å². The van der Waals surface area contributed by atoms with Gasteiger partial charge >= 0.3 is 6.03 Å². The standard InChI is InChI=1S/C20H17BrClN3O2S/c1-2-13-5-3-4-6-18(13)24-20(26)25-23-12-15-11-17(21)19(27-15)28-16-9-7-14(22)8-10-16/h3-12H,2H2,1H3,(H2,24,25,26)/b23-12+. The first-order valence-electron chi connectivity index (χ1n) is 8.46. The van der Waals surface area contributed by atoms with Gasteiger partial charge in [-0.3, -0.25) is 0 Å². The highest BCUT2D eigenvalue weighted by Gasteiger charge is 2.10. The second-order valence-corrected chi connectivity index (χ2v) is 8.01. The number of halogens is 2. The molecular weight excluding hydrogens is 462 g/mol. The molecule has 0 aliphatic carbocycles. The van der Waals surface area contributed by atoms with Crippen LogP contribution in [0.3, 0.4) is 0 Å². The lowest BCUT2D eigenvalue weighted by Gasteiger charge is -2.08. The van der Waals surface area contributed by atoms with Crippen molar-refractivity contribution in [2.24, 2.45) is 5.10 Å². The third-order valence-corrected chi connectivity index (χ3v) is 5.80. The summed E-state index contributed by atoms with van der Waals surface area (Å²) >= 11 is 10.8. The van der Waals surface area contributed by atoms with Crippen LogP contribution in [0.4, 0.5) is 10.5 Å². The molecule has 0 spiro atoms.